The molecular weight excluding hydrogens is 576 g/mol. The van der Waals surface area contributed by atoms with Crippen molar-refractivity contribution in [3.63, 3.8) is 0 Å². The molecule has 0 radical (unpaired) electrons. The van der Waals surface area contributed by atoms with E-state index in [2.05, 4.69) is 42.2 Å². The average Bonchev–Trinajstić information content (AvgIpc) is 3.10. The summed E-state index contributed by atoms with van der Waals surface area (Å²) in [5, 5.41) is 3.96. The van der Waals surface area contributed by atoms with Crippen LogP contribution in [0, 0.1) is 6.92 Å². The van der Waals surface area contributed by atoms with E-state index in [4.69, 9.17) is 16.3 Å². The van der Waals surface area contributed by atoms with E-state index in [1.165, 1.54) is 11.8 Å². The molecule has 1 heterocycles. The first-order chi connectivity index (χ1) is 15.4. The zero-order valence-corrected chi connectivity index (χ0v) is 21.6. The van der Waals surface area contributed by atoms with Gasteiger partial charge in [0.15, 0.2) is 5.17 Å². The van der Waals surface area contributed by atoms with Gasteiger partial charge >= 0.3 is 0 Å². The Balaban J connectivity index is 1.45. The van der Waals surface area contributed by atoms with Crippen LogP contribution in [0.1, 0.15) is 16.7 Å². The Morgan fingerprint density at radius 1 is 1.09 bits per heavy atom. The first-order valence-corrected chi connectivity index (χ1v) is 12.4. The third-order valence-corrected chi connectivity index (χ3v) is 7.06. The maximum absolute atomic E-state index is 12.4. The number of benzene rings is 3. The summed E-state index contributed by atoms with van der Waals surface area (Å²) in [7, 11) is 0. The number of ether oxygens (including phenoxy) is 1. The number of nitrogens with one attached hydrogen (secondary N) is 1. The van der Waals surface area contributed by atoms with Crippen LogP contribution in [-0.2, 0) is 11.4 Å². The molecule has 1 aliphatic rings. The van der Waals surface area contributed by atoms with E-state index >= 15 is 0 Å². The van der Waals surface area contributed by atoms with Gasteiger partial charge in [-0.15, -0.1) is 0 Å². The molecule has 8 heteroatoms. The number of amides is 1. The molecular formula is C24H17Br2ClN2O2S. The fourth-order valence-corrected chi connectivity index (χ4v) is 4.66. The molecule has 1 saturated heterocycles. The number of carbonyl (C=O) groups excluding carboxylic acids is 1. The van der Waals surface area contributed by atoms with Crippen LogP contribution < -0.4 is 10.1 Å². The Morgan fingerprint density at radius 3 is 2.59 bits per heavy atom. The zero-order valence-electron chi connectivity index (χ0n) is 16.9. The number of hydrogen-bond acceptors (Lipinski definition) is 4. The van der Waals surface area contributed by atoms with Crippen LogP contribution in [0.3, 0.4) is 0 Å². The lowest BCUT2D eigenvalue weighted by molar-refractivity contribution is -0.115. The monoisotopic (exact) mass is 590 g/mol. The quantitative estimate of drug-likeness (QED) is 0.310. The molecule has 3 aromatic carbocycles. The van der Waals surface area contributed by atoms with Crippen molar-refractivity contribution < 1.29 is 9.53 Å². The first kappa shape index (κ1) is 23.1. The summed E-state index contributed by atoms with van der Waals surface area (Å²) < 4.78 is 7.76. The Kier molecular flexibility index (Phi) is 7.40. The average molecular weight is 593 g/mol. The molecule has 3 aromatic rings. The van der Waals surface area contributed by atoms with Crippen molar-refractivity contribution in [2.24, 2.45) is 4.99 Å². The summed E-state index contributed by atoms with van der Waals surface area (Å²) in [5.41, 5.74) is 3.63. The number of nitrogens with zero attached hydrogens (tertiary/aromatic N) is 1. The summed E-state index contributed by atoms with van der Waals surface area (Å²) >= 11 is 14.4. The van der Waals surface area contributed by atoms with Crippen LogP contribution in [0.2, 0.25) is 5.02 Å². The van der Waals surface area contributed by atoms with Crippen molar-refractivity contribution in [2.75, 3.05) is 0 Å². The minimum atomic E-state index is -0.182. The number of amidine groups is 1. The normalized spacial score (nSPS) is 15.9. The SMILES string of the molecule is Cc1ccc(N=C2NC(=O)/C(=C/c3ccc(OCc4ccc(Br)cc4)c(Br)c3)S2)cc1Cl. The summed E-state index contributed by atoms with van der Waals surface area (Å²) in [6, 6.07) is 19.3. The maximum atomic E-state index is 12.4. The second-order valence-corrected chi connectivity index (χ2v) is 10.2. The number of hydrogen-bond donors (Lipinski definition) is 1. The van der Waals surface area contributed by atoms with Crippen LogP contribution in [0.15, 0.2) is 79.5 Å². The molecule has 4 nitrogen and oxygen atoms in total. The van der Waals surface area contributed by atoms with Crippen LogP contribution in [-0.4, -0.2) is 11.1 Å². The summed E-state index contributed by atoms with van der Waals surface area (Å²) in [4.78, 5) is 17.4. The van der Waals surface area contributed by atoms with E-state index in [9.17, 15) is 4.79 Å². The van der Waals surface area contributed by atoms with Crippen LogP contribution in [0.25, 0.3) is 6.08 Å². The van der Waals surface area contributed by atoms with E-state index in [-0.39, 0.29) is 5.91 Å². The molecule has 0 aliphatic carbocycles. The van der Waals surface area contributed by atoms with Gasteiger partial charge in [-0.3, -0.25) is 4.79 Å². The summed E-state index contributed by atoms with van der Waals surface area (Å²) in [6.07, 6.45) is 1.83. The van der Waals surface area contributed by atoms with Crippen LogP contribution >= 0.6 is 55.2 Å². The van der Waals surface area contributed by atoms with Crippen molar-refractivity contribution in [1.82, 2.24) is 5.32 Å². The lowest BCUT2D eigenvalue weighted by Gasteiger charge is -2.09. The number of rotatable bonds is 5. The highest BCUT2D eigenvalue weighted by atomic mass is 79.9. The molecule has 1 fully saturated rings. The molecule has 0 aromatic heterocycles. The Hall–Kier alpha value is -2.06. The molecule has 1 aliphatic heterocycles. The van der Waals surface area contributed by atoms with Crippen molar-refractivity contribution in [1.29, 1.82) is 0 Å². The Labute approximate surface area is 212 Å². The molecule has 162 valence electrons. The highest BCUT2D eigenvalue weighted by Crippen LogP contribution is 2.32. The molecule has 1 amide bonds. The highest BCUT2D eigenvalue weighted by molar-refractivity contribution is 9.10. The van der Waals surface area contributed by atoms with Gasteiger partial charge in [0.25, 0.3) is 5.91 Å². The molecule has 0 atom stereocenters. The predicted molar refractivity (Wildman–Crippen MR) is 140 cm³/mol. The summed E-state index contributed by atoms with van der Waals surface area (Å²) in [5.74, 6) is 0.552. The van der Waals surface area contributed by atoms with Crippen molar-refractivity contribution in [3.8, 4) is 5.75 Å². The minimum Gasteiger partial charge on any atom is -0.488 e. The van der Waals surface area contributed by atoms with Gasteiger partial charge in [0.1, 0.15) is 12.4 Å². The van der Waals surface area contributed by atoms with Crippen molar-refractivity contribution >= 4 is 78.1 Å². The third-order valence-electron chi connectivity index (χ3n) is 4.60. The smallest absolute Gasteiger partial charge is 0.264 e. The molecule has 0 unspecified atom stereocenters. The second kappa shape index (κ2) is 10.3. The Bertz CT molecular complexity index is 1240. The van der Waals surface area contributed by atoms with E-state index in [1.54, 1.807) is 6.07 Å². The maximum Gasteiger partial charge on any atom is 0.264 e. The fraction of sp³-hybridized carbons (Fsp3) is 0.0833. The third kappa shape index (κ3) is 5.84. The number of carbonyl (C=O) groups is 1. The fourth-order valence-electron chi connectivity index (χ4n) is 2.87. The van der Waals surface area contributed by atoms with Gasteiger partial charge in [-0.25, -0.2) is 4.99 Å². The molecule has 0 bridgehead atoms. The topological polar surface area (TPSA) is 50.7 Å². The van der Waals surface area contributed by atoms with E-state index in [0.717, 1.165) is 31.4 Å². The largest absolute Gasteiger partial charge is 0.488 e. The van der Waals surface area contributed by atoms with E-state index in [0.29, 0.717) is 27.4 Å². The van der Waals surface area contributed by atoms with Gasteiger partial charge in [0, 0.05) is 9.50 Å². The zero-order chi connectivity index (χ0) is 22.7. The van der Waals surface area contributed by atoms with Gasteiger partial charge < -0.3 is 10.1 Å². The standard InChI is InChI=1S/C24H17Br2ClN2O2S/c1-14-2-8-18(12-20(14)27)28-24-29-23(30)22(32-24)11-16-5-9-21(19(26)10-16)31-13-15-3-6-17(25)7-4-15/h2-12H,13H2,1H3,(H,28,29,30)/b22-11-. The van der Waals surface area contributed by atoms with Gasteiger partial charge in [0.2, 0.25) is 0 Å². The molecule has 0 spiro atoms. The lowest BCUT2D eigenvalue weighted by atomic mass is 10.2. The lowest BCUT2D eigenvalue weighted by Crippen LogP contribution is -2.19. The van der Waals surface area contributed by atoms with Crippen molar-refractivity contribution in [3.05, 3.63) is 96.2 Å². The van der Waals surface area contributed by atoms with Gasteiger partial charge in [-0.2, -0.15) is 0 Å². The number of aliphatic imine (C=N–C) groups is 1. The van der Waals surface area contributed by atoms with Crippen molar-refractivity contribution in [2.45, 2.75) is 13.5 Å². The first-order valence-electron chi connectivity index (χ1n) is 9.60. The number of aryl methyl sites for hydroxylation is 1. The van der Waals surface area contributed by atoms with E-state index in [1.807, 2.05) is 67.6 Å². The predicted octanol–water partition coefficient (Wildman–Crippen LogP) is 7.64. The molecule has 1 N–H and O–H groups in total. The Morgan fingerprint density at radius 2 is 1.88 bits per heavy atom. The molecule has 0 saturated carbocycles. The highest BCUT2D eigenvalue weighted by Gasteiger charge is 2.24. The molecule has 4 rings (SSSR count). The van der Waals surface area contributed by atoms with Crippen LogP contribution in [0.4, 0.5) is 5.69 Å². The van der Waals surface area contributed by atoms with E-state index < -0.39 is 0 Å². The number of halogens is 3. The molecule has 32 heavy (non-hydrogen) atoms. The van der Waals surface area contributed by atoms with Crippen LogP contribution in [0.5, 0.6) is 5.75 Å². The second-order valence-electron chi connectivity index (χ2n) is 7.02. The summed E-state index contributed by atoms with van der Waals surface area (Å²) in [6.45, 7) is 2.40. The van der Waals surface area contributed by atoms with Gasteiger partial charge in [-0.1, -0.05) is 51.8 Å². The minimum absolute atomic E-state index is 0.182. The van der Waals surface area contributed by atoms with Gasteiger partial charge in [-0.05, 0) is 93.8 Å². The number of thioether (sulfide) groups is 1. The van der Waals surface area contributed by atoms with Gasteiger partial charge in [0.05, 0.1) is 15.1 Å².